The van der Waals surface area contributed by atoms with E-state index in [0.717, 1.165) is 36.1 Å². The highest BCUT2D eigenvalue weighted by molar-refractivity contribution is 8.00. The minimum atomic E-state index is -0.211. The number of aromatic nitrogens is 1. The standard InChI is InChI=1S/C19H17N3OS/c23-14-7-9-22(11-14)13-4-6-17-16(10-13)15-5-3-12-2-1-8-20-18(12)19(15)21-24-17/h1-6,8,10,14,21,23H,7,9,11H2. The summed E-state index contributed by atoms with van der Waals surface area (Å²) in [5.41, 5.74) is 5.70. The molecule has 0 spiro atoms. The molecule has 2 aromatic carbocycles. The normalized spacial score (nSPS) is 19.0. The minimum Gasteiger partial charge on any atom is -0.391 e. The zero-order valence-corrected chi connectivity index (χ0v) is 13.9. The molecular weight excluding hydrogens is 318 g/mol. The molecule has 0 aliphatic carbocycles. The Balaban J connectivity index is 1.65. The molecule has 0 amide bonds. The smallest absolute Gasteiger partial charge is 0.0948 e. The van der Waals surface area contributed by atoms with Gasteiger partial charge in [-0.15, -0.1) is 0 Å². The van der Waals surface area contributed by atoms with E-state index in [2.05, 4.69) is 51.0 Å². The molecule has 1 aromatic heterocycles. The van der Waals surface area contributed by atoms with Crippen LogP contribution >= 0.6 is 11.9 Å². The van der Waals surface area contributed by atoms with Gasteiger partial charge in [0.25, 0.3) is 0 Å². The Bertz CT molecular complexity index is 943. The van der Waals surface area contributed by atoms with Crippen molar-refractivity contribution in [3.63, 3.8) is 0 Å². The number of nitrogens with zero attached hydrogens (tertiary/aromatic N) is 2. The number of fused-ring (bicyclic) bond motifs is 5. The first-order valence-corrected chi connectivity index (χ1v) is 8.99. The van der Waals surface area contributed by atoms with E-state index < -0.39 is 0 Å². The molecule has 0 bridgehead atoms. The van der Waals surface area contributed by atoms with E-state index in [-0.39, 0.29) is 6.10 Å². The van der Waals surface area contributed by atoms with Crippen molar-refractivity contribution in [1.82, 2.24) is 4.98 Å². The predicted octanol–water partition coefficient (Wildman–Crippen LogP) is 3.91. The summed E-state index contributed by atoms with van der Waals surface area (Å²) >= 11 is 1.64. The fourth-order valence-corrected chi connectivity index (χ4v) is 4.40. The van der Waals surface area contributed by atoms with Crippen LogP contribution in [0.15, 0.2) is 53.6 Å². The topological polar surface area (TPSA) is 48.4 Å². The molecule has 5 rings (SSSR count). The third-order valence-electron chi connectivity index (χ3n) is 4.82. The van der Waals surface area contributed by atoms with Crippen molar-refractivity contribution >= 4 is 34.2 Å². The summed E-state index contributed by atoms with van der Waals surface area (Å²) in [6.45, 7) is 1.63. The second-order valence-corrected chi connectivity index (χ2v) is 7.18. The molecule has 3 heterocycles. The summed E-state index contributed by atoms with van der Waals surface area (Å²) in [5, 5.41) is 11.0. The van der Waals surface area contributed by atoms with E-state index in [1.807, 2.05) is 12.3 Å². The number of nitrogens with one attached hydrogen (secondary N) is 1. The van der Waals surface area contributed by atoms with Crippen molar-refractivity contribution in [2.24, 2.45) is 0 Å². The van der Waals surface area contributed by atoms with Crippen molar-refractivity contribution in [1.29, 1.82) is 0 Å². The van der Waals surface area contributed by atoms with Gasteiger partial charge < -0.3 is 14.7 Å². The van der Waals surface area contributed by atoms with Gasteiger partial charge in [0.1, 0.15) is 0 Å². The molecule has 120 valence electrons. The molecule has 1 unspecified atom stereocenters. The molecule has 0 radical (unpaired) electrons. The minimum absolute atomic E-state index is 0.211. The third-order valence-corrected chi connectivity index (χ3v) is 5.70. The average Bonchev–Trinajstić information content (AvgIpc) is 3.07. The SMILES string of the molecule is OC1CCN(c2ccc3c(c2)-c2ccc4cccnc4c2NS3)C1. The van der Waals surface area contributed by atoms with Crippen LogP contribution in [-0.2, 0) is 0 Å². The second-order valence-electron chi connectivity index (χ2n) is 6.34. The van der Waals surface area contributed by atoms with Crippen LogP contribution in [0.4, 0.5) is 11.4 Å². The van der Waals surface area contributed by atoms with Gasteiger partial charge in [0.2, 0.25) is 0 Å². The average molecular weight is 335 g/mol. The Morgan fingerprint density at radius 2 is 2.12 bits per heavy atom. The maximum absolute atomic E-state index is 9.81. The molecule has 2 N–H and O–H groups in total. The number of rotatable bonds is 1. The molecule has 1 saturated heterocycles. The van der Waals surface area contributed by atoms with Crippen molar-refractivity contribution in [2.75, 3.05) is 22.7 Å². The lowest BCUT2D eigenvalue weighted by molar-refractivity contribution is 0.198. The monoisotopic (exact) mass is 335 g/mol. The summed E-state index contributed by atoms with van der Waals surface area (Å²) in [5.74, 6) is 0. The second kappa shape index (κ2) is 5.40. The lowest BCUT2D eigenvalue weighted by atomic mass is 10.00. The zero-order chi connectivity index (χ0) is 16.1. The zero-order valence-electron chi connectivity index (χ0n) is 13.1. The predicted molar refractivity (Wildman–Crippen MR) is 99.5 cm³/mol. The number of hydrogen-bond donors (Lipinski definition) is 2. The van der Waals surface area contributed by atoms with Gasteiger partial charge in [-0.3, -0.25) is 4.98 Å². The van der Waals surface area contributed by atoms with E-state index in [4.69, 9.17) is 0 Å². The van der Waals surface area contributed by atoms with Crippen molar-refractivity contribution in [2.45, 2.75) is 17.4 Å². The number of aliphatic hydroxyl groups excluding tert-OH is 1. The number of benzene rings is 2. The molecule has 4 nitrogen and oxygen atoms in total. The van der Waals surface area contributed by atoms with Crippen LogP contribution in [0.3, 0.4) is 0 Å². The Hall–Kier alpha value is -2.24. The molecular formula is C19H17N3OS. The summed E-state index contributed by atoms with van der Waals surface area (Å²) < 4.78 is 3.46. The van der Waals surface area contributed by atoms with Gasteiger partial charge in [-0.25, -0.2) is 0 Å². The lowest BCUT2D eigenvalue weighted by Gasteiger charge is -2.25. The van der Waals surface area contributed by atoms with Crippen molar-refractivity contribution in [3.8, 4) is 11.1 Å². The number of β-amino-alcohol motifs (C(OH)–C–C–N with tert-alkyl or cyclic N) is 1. The molecule has 2 aliphatic rings. The van der Waals surface area contributed by atoms with Crippen molar-refractivity contribution in [3.05, 3.63) is 48.7 Å². The molecule has 5 heteroatoms. The quantitative estimate of drug-likeness (QED) is 0.661. The van der Waals surface area contributed by atoms with E-state index in [1.165, 1.54) is 21.7 Å². The first kappa shape index (κ1) is 14.1. The van der Waals surface area contributed by atoms with Gasteiger partial charge in [0, 0.05) is 46.4 Å². The fourth-order valence-electron chi connectivity index (χ4n) is 3.57. The van der Waals surface area contributed by atoms with Crippen LogP contribution in [0, 0.1) is 0 Å². The molecule has 0 saturated carbocycles. The maximum atomic E-state index is 9.81. The van der Waals surface area contributed by atoms with Crippen LogP contribution in [0.5, 0.6) is 0 Å². The molecule has 1 fully saturated rings. The Kier molecular flexibility index (Phi) is 3.18. The summed E-state index contributed by atoms with van der Waals surface area (Å²) in [7, 11) is 0. The molecule has 1 atom stereocenters. The van der Waals surface area contributed by atoms with Crippen LogP contribution in [0.25, 0.3) is 22.0 Å². The Morgan fingerprint density at radius 3 is 3.00 bits per heavy atom. The lowest BCUT2D eigenvalue weighted by Crippen LogP contribution is -2.21. The van der Waals surface area contributed by atoms with Crippen LogP contribution < -0.4 is 9.62 Å². The maximum Gasteiger partial charge on any atom is 0.0948 e. The van der Waals surface area contributed by atoms with Crippen LogP contribution in [-0.4, -0.2) is 29.3 Å². The third kappa shape index (κ3) is 2.16. The number of anilines is 2. The number of hydrogen-bond acceptors (Lipinski definition) is 5. The Morgan fingerprint density at radius 1 is 1.17 bits per heavy atom. The van der Waals surface area contributed by atoms with Gasteiger partial charge >= 0.3 is 0 Å². The first-order chi connectivity index (χ1) is 11.8. The van der Waals surface area contributed by atoms with Gasteiger partial charge in [-0.1, -0.05) is 18.2 Å². The summed E-state index contributed by atoms with van der Waals surface area (Å²) in [6.07, 6.45) is 2.47. The van der Waals surface area contributed by atoms with Crippen LogP contribution in [0.1, 0.15) is 6.42 Å². The largest absolute Gasteiger partial charge is 0.391 e. The van der Waals surface area contributed by atoms with Crippen molar-refractivity contribution < 1.29 is 5.11 Å². The fraction of sp³-hybridized carbons (Fsp3) is 0.211. The summed E-state index contributed by atoms with van der Waals surface area (Å²) in [6, 6.07) is 14.9. The highest BCUT2D eigenvalue weighted by Gasteiger charge is 2.24. The summed E-state index contributed by atoms with van der Waals surface area (Å²) in [4.78, 5) is 8.04. The van der Waals surface area contributed by atoms with Gasteiger partial charge in [-0.05, 0) is 42.6 Å². The molecule has 24 heavy (non-hydrogen) atoms. The molecule has 2 aliphatic heterocycles. The highest BCUT2D eigenvalue weighted by Crippen LogP contribution is 2.46. The van der Waals surface area contributed by atoms with E-state index in [0.29, 0.717) is 0 Å². The first-order valence-electron chi connectivity index (χ1n) is 8.17. The van der Waals surface area contributed by atoms with Gasteiger partial charge in [-0.2, -0.15) is 0 Å². The van der Waals surface area contributed by atoms with Gasteiger partial charge in [0.15, 0.2) is 0 Å². The molecule has 3 aromatic rings. The van der Waals surface area contributed by atoms with Gasteiger partial charge in [0.05, 0.1) is 17.3 Å². The van der Waals surface area contributed by atoms with E-state index >= 15 is 0 Å². The number of aliphatic hydroxyl groups is 1. The van der Waals surface area contributed by atoms with E-state index in [1.54, 1.807) is 11.9 Å². The van der Waals surface area contributed by atoms with Crippen LogP contribution in [0.2, 0.25) is 0 Å². The van der Waals surface area contributed by atoms with E-state index in [9.17, 15) is 5.11 Å². The number of pyridine rings is 1. The highest BCUT2D eigenvalue weighted by atomic mass is 32.2. The Labute approximate surface area is 144 Å².